The van der Waals surface area contributed by atoms with Crippen LogP contribution in [-0.2, 0) is 19.1 Å². The molecule has 3 N–H and O–H groups in total. The molecule has 1 aliphatic rings. The van der Waals surface area contributed by atoms with E-state index in [-0.39, 0.29) is 31.6 Å². The van der Waals surface area contributed by atoms with Gasteiger partial charge in [-0.05, 0) is 37.3 Å². The third kappa shape index (κ3) is 5.28. The Bertz CT molecular complexity index is 1220. The molecule has 0 unspecified atom stereocenters. The number of benzene rings is 1. The Hall–Kier alpha value is -3.90. The molecular weight excluding hydrogens is 459 g/mol. The molecule has 2 aromatic heterocycles. The molecule has 0 saturated carbocycles. The lowest BCUT2D eigenvalue weighted by Crippen LogP contribution is -2.48. The van der Waals surface area contributed by atoms with Gasteiger partial charge in [0.1, 0.15) is 12.4 Å². The Labute approximate surface area is 200 Å². The maximum Gasteiger partial charge on any atom is 0.322 e. The third-order valence-electron chi connectivity index (χ3n) is 5.40. The van der Waals surface area contributed by atoms with Gasteiger partial charge in [0.25, 0.3) is 0 Å². The Morgan fingerprint density at radius 2 is 1.89 bits per heavy atom. The lowest BCUT2D eigenvalue weighted by Gasteiger charge is -2.36. The van der Waals surface area contributed by atoms with Crippen LogP contribution in [-0.4, -0.2) is 75.7 Å². The first-order valence-corrected chi connectivity index (χ1v) is 10.8. The second kappa shape index (κ2) is 9.76. The highest BCUT2D eigenvalue weighted by molar-refractivity contribution is 5.82. The van der Waals surface area contributed by atoms with E-state index in [2.05, 4.69) is 25.3 Å². The zero-order valence-electron chi connectivity index (χ0n) is 19.4. The van der Waals surface area contributed by atoms with Crippen molar-refractivity contribution >= 4 is 17.8 Å². The highest BCUT2D eigenvalue weighted by atomic mass is 19.1. The summed E-state index contributed by atoms with van der Waals surface area (Å²) in [6, 6.07) is 7.43. The Kier molecular flexibility index (Phi) is 6.76. The SMILES string of the molecule is CN(C)C(=O)C1(C)COC(c2nc(-c3ccc(F)cc3)c(-c3ccnc(NCC(=O)O)n3)[nH]2)OC1. The number of ether oxygens (including phenoxy) is 2. The topological polar surface area (TPSA) is 143 Å². The maximum atomic E-state index is 13.5. The molecule has 11 nitrogen and oxygen atoms in total. The van der Waals surface area contributed by atoms with Crippen LogP contribution in [0.1, 0.15) is 19.0 Å². The molecule has 12 heteroatoms. The highest BCUT2D eigenvalue weighted by Crippen LogP contribution is 2.36. The third-order valence-corrected chi connectivity index (χ3v) is 5.40. The summed E-state index contributed by atoms with van der Waals surface area (Å²) in [4.78, 5) is 41.1. The summed E-state index contributed by atoms with van der Waals surface area (Å²) in [5.74, 6) is -1.09. The largest absolute Gasteiger partial charge is 0.480 e. The number of aliphatic carboxylic acids is 1. The number of amides is 1. The minimum atomic E-state index is -1.05. The first kappa shape index (κ1) is 24.2. The molecule has 1 amide bonds. The van der Waals surface area contributed by atoms with Crippen LogP contribution in [0.4, 0.5) is 10.3 Å². The predicted molar refractivity (Wildman–Crippen MR) is 123 cm³/mol. The Morgan fingerprint density at radius 3 is 2.51 bits per heavy atom. The second-order valence-electron chi connectivity index (χ2n) is 8.58. The van der Waals surface area contributed by atoms with Crippen LogP contribution >= 0.6 is 0 Å². The summed E-state index contributed by atoms with van der Waals surface area (Å²) >= 11 is 0. The normalized spacial score (nSPS) is 19.8. The van der Waals surface area contributed by atoms with Gasteiger partial charge in [-0.15, -0.1) is 0 Å². The lowest BCUT2D eigenvalue weighted by atomic mass is 9.90. The number of aromatic nitrogens is 4. The summed E-state index contributed by atoms with van der Waals surface area (Å²) in [5, 5.41) is 11.5. The van der Waals surface area contributed by atoms with Crippen molar-refractivity contribution in [2.45, 2.75) is 13.2 Å². The minimum absolute atomic E-state index is 0.106. The van der Waals surface area contributed by atoms with E-state index in [1.54, 1.807) is 39.2 Å². The number of carbonyl (C=O) groups is 2. The van der Waals surface area contributed by atoms with Crippen molar-refractivity contribution in [2.75, 3.05) is 39.2 Å². The number of carboxylic acid groups (broad SMARTS) is 1. The van der Waals surface area contributed by atoms with Gasteiger partial charge in [-0.2, -0.15) is 0 Å². The summed E-state index contributed by atoms with van der Waals surface area (Å²) in [7, 11) is 3.35. The van der Waals surface area contributed by atoms with Crippen molar-refractivity contribution in [1.82, 2.24) is 24.8 Å². The number of halogens is 1. The molecule has 0 spiro atoms. The summed E-state index contributed by atoms with van der Waals surface area (Å²) in [6.45, 7) is 1.69. The van der Waals surface area contributed by atoms with Gasteiger partial charge < -0.3 is 29.8 Å². The van der Waals surface area contributed by atoms with E-state index in [1.807, 2.05) is 0 Å². The molecule has 1 aliphatic heterocycles. The van der Waals surface area contributed by atoms with Gasteiger partial charge in [0.2, 0.25) is 18.1 Å². The van der Waals surface area contributed by atoms with Crippen LogP contribution in [0.25, 0.3) is 22.6 Å². The first-order chi connectivity index (χ1) is 16.7. The van der Waals surface area contributed by atoms with E-state index in [9.17, 15) is 14.0 Å². The van der Waals surface area contributed by atoms with Crippen molar-refractivity contribution in [3.8, 4) is 22.6 Å². The number of anilines is 1. The summed E-state index contributed by atoms with van der Waals surface area (Å²) in [6.07, 6.45) is 0.616. The Balaban J connectivity index is 1.67. The number of carboxylic acids is 1. The molecule has 35 heavy (non-hydrogen) atoms. The van der Waals surface area contributed by atoms with E-state index in [1.165, 1.54) is 23.2 Å². The van der Waals surface area contributed by atoms with Crippen LogP contribution in [0.5, 0.6) is 0 Å². The van der Waals surface area contributed by atoms with Gasteiger partial charge in [-0.3, -0.25) is 9.59 Å². The highest BCUT2D eigenvalue weighted by Gasteiger charge is 2.41. The molecule has 3 aromatic rings. The number of carbonyl (C=O) groups excluding carboxylic acids is 1. The van der Waals surface area contributed by atoms with Crippen molar-refractivity contribution in [3.05, 3.63) is 48.2 Å². The number of H-pyrrole nitrogens is 1. The molecular formula is C23H25FN6O5. The number of aromatic amines is 1. The van der Waals surface area contributed by atoms with Gasteiger partial charge in [-0.1, -0.05) is 0 Å². The minimum Gasteiger partial charge on any atom is -0.480 e. The number of nitrogens with zero attached hydrogens (tertiary/aromatic N) is 4. The van der Waals surface area contributed by atoms with Gasteiger partial charge in [0, 0.05) is 25.9 Å². The molecule has 0 radical (unpaired) electrons. The zero-order chi connectivity index (χ0) is 25.2. The zero-order valence-corrected chi connectivity index (χ0v) is 19.4. The van der Waals surface area contributed by atoms with E-state index in [4.69, 9.17) is 14.6 Å². The molecule has 0 aliphatic carbocycles. The monoisotopic (exact) mass is 484 g/mol. The van der Waals surface area contributed by atoms with Crippen molar-refractivity contribution in [1.29, 1.82) is 0 Å². The fourth-order valence-corrected chi connectivity index (χ4v) is 3.67. The maximum absolute atomic E-state index is 13.5. The summed E-state index contributed by atoms with van der Waals surface area (Å²) < 4.78 is 25.3. The molecule has 184 valence electrons. The van der Waals surface area contributed by atoms with E-state index < -0.39 is 23.5 Å². The first-order valence-electron chi connectivity index (χ1n) is 10.8. The molecule has 1 saturated heterocycles. The smallest absolute Gasteiger partial charge is 0.322 e. The molecule has 4 rings (SSSR count). The van der Waals surface area contributed by atoms with Crippen LogP contribution in [0.15, 0.2) is 36.5 Å². The van der Waals surface area contributed by atoms with Crippen LogP contribution in [0, 0.1) is 11.2 Å². The van der Waals surface area contributed by atoms with Gasteiger partial charge in [0.15, 0.2) is 5.82 Å². The summed E-state index contributed by atoms with van der Waals surface area (Å²) in [5.41, 5.74) is 1.16. The molecule has 0 atom stereocenters. The van der Waals surface area contributed by atoms with Crippen LogP contribution < -0.4 is 5.32 Å². The Morgan fingerprint density at radius 1 is 1.20 bits per heavy atom. The number of hydrogen-bond donors (Lipinski definition) is 3. The van der Waals surface area contributed by atoms with E-state index >= 15 is 0 Å². The molecule has 0 bridgehead atoms. The van der Waals surface area contributed by atoms with Crippen molar-refractivity contribution in [3.63, 3.8) is 0 Å². The van der Waals surface area contributed by atoms with E-state index in [0.717, 1.165) is 0 Å². The van der Waals surface area contributed by atoms with Gasteiger partial charge in [0.05, 0.1) is 35.7 Å². The fourth-order valence-electron chi connectivity index (χ4n) is 3.67. The molecule has 1 fully saturated rings. The van der Waals surface area contributed by atoms with Gasteiger partial charge >= 0.3 is 5.97 Å². The van der Waals surface area contributed by atoms with Crippen LogP contribution in [0.2, 0.25) is 0 Å². The average molecular weight is 484 g/mol. The fraction of sp³-hybridized carbons (Fsp3) is 0.348. The standard InChI is InChI=1S/C23H25FN6O5/c1-23(21(33)30(2)3)11-34-20(35-12-23)19-28-17(13-4-6-14(24)7-5-13)18(29-19)15-8-9-25-22(27-15)26-10-16(31)32/h4-9,20H,10-12H2,1-3H3,(H,28,29)(H,31,32)(H,25,26,27). The predicted octanol–water partition coefficient (Wildman–Crippen LogP) is 2.31. The van der Waals surface area contributed by atoms with E-state index in [0.29, 0.717) is 28.5 Å². The van der Waals surface area contributed by atoms with Crippen molar-refractivity contribution in [2.24, 2.45) is 5.41 Å². The number of imidazole rings is 1. The average Bonchev–Trinajstić information content (AvgIpc) is 3.29. The second-order valence-corrected chi connectivity index (χ2v) is 8.58. The van der Waals surface area contributed by atoms with Crippen molar-refractivity contribution < 1.29 is 28.6 Å². The molecule has 1 aromatic carbocycles. The van der Waals surface area contributed by atoms with Gasteiger partial charge in [-0.25, -0.2) is 19.3 Å². The number of hydrogen-bond acceptors (Lipinski definition) is 8. The number of rotatable bonds is 7. The number of nitrogens with one attached hydrogen (secondary N) is 2. The van der Waals surface area contributed by atoms with Crippen LogP contribution in [0.3, 0.4) is 0 Å². The lowest BCUT2D eigenvalue weighted by molar-refractivity contribution is -0.233. The quantitative estimate of drug-likeness (QED) is 0.460. The molecule has 3 heterocycles.